The van der Waals surface area contributed by atoms with Crippen LogP contribution in [0, 0.1) is 13.8 Å². The topological polar surface area (TPSA) is 71.1 Å². The van der Waals surface area contributed by atoms with Gasteiger partial charge in [0.05, 0.1) is 5.92 Å². The average molecular weight is 470 g/mol. The van der Waals surface area contributed by atoms with Crippen LogP contribution in [-0.2, 0) is 9.59 Å². The fourth-order valence-corrected chi connectivity index (χ4v) is 6.01. The number of nitrogens with one attached hydrogen (secondary N) is 2. The molecule has 2 atom stereocenters. The lowest BCUT2D eigenvalue weighted by molar-refractivity contribution is -0.116. The van der Waals surface area contributed by atoms with E-state index in [1.807, 2.05) is 50.4 Å². The van der Waals surface area contributed by atoms with Crippen molar-refractivity contribution in [3.05, 3.63) is 104 Å². The number of benzene rings is 1. The minimum absolute atomic E-state index is 0.103. The molecule has 0 fully saturated rings. The second-order valence-electron chi connectivity index (χ2n) is 9.07. The molecule has 0 spiro atoms. The number of thiophene rings is 1. The fourth-order valence-electron chi connectivity index (χ4n) is 4.97. The maximum absolute atomic E-state index is 13.6. The third-order valence-electron chi connectivity index (χ3n) is 6.66. The Morgan fingerprint density at radius 2 is 1.85 bits per heavy atom. The van der Waals surface area contributed by atoms with Crippen molar-refractivity contribution in [2.24, 2.45) is 0 Å². The third-order valence-corrected chi connectivity index (χ3v) is 7.74. The van der Waals surface area contributed by atoms with Crippen LogP contribution in [0.25, 0.3) is 0 Å². The van der Waals surface area contributed by atoms with Crippen molar-refractivity contribution in [1.82, 2.24) is 10.3 Å². The summed E-state index contributed by atoms with van der Waals surface area (Å²) in [6, 6.07) is 16.0. The Kier molecular flexibility index (Phi) is 5.92. The van der Waals surface area contributed by atoms with Crippen LogP contribution < -0.4 is 10.6 Å². The van der Waals surface area contributed by atoms with Crippen LogP contribution in [0.2, 0.25) is 0 Å². The van der Waals surface area contributed by atoms with Gasteiger partial charge < -0.3 is 10.6 Å². The zero-order chi connectivity index (χ0) is 23.8. The van der Waals surface area contributed by atoms with Crippen molar-refractivity contribution >= 4 is 28.8 Å². The molecule has 1 amide bonds. The zero-order valence-electron chi connectivity index (χ0n) is 19.5. The molecule has 0 saturated heterocycles. The van der Waals surface area contributed by atoms with E-state index in [0.717, 1.165) is 39.4 Å². The summed E-state index contributed by atoms with van der Waals surface area (Å²) in [4.78, 5) is 32.6. The van der Waals surface area contributed by atoms with E-state index in [4.69, 9.17) is 0 Å². The number of aromatic nitrogens is 1. The SMILES string of the molecule is CC1=C(C(=O)Nc2ccc(C)cn2)[C@@H](c2sccc2C)C2=C(C[C@H](c3ccccc3)CC2=O)N1. The van der Waals surface area contributed by atoms with Gasteiger partial charge in [0.25, 0.3) is 5.91 Å². The maximum Gasteiger partial charge on any atom is 0.255 e. The van der Waals surface area contributed by atoms with E-state index in [2.05, 4.69) is 33.8 Å². The van der Waals surface area contributed by atoms with Gasteiger partial charge in [-0.2, -0.15) is 0 Å². The molecule has 1 aliphatic carbocycles. The Bertz CT molecular complexity index is 1320. The first-order chi connectivity index (χ1) is 16.4. The number of pyridine rings is 1. The van der Waals surface area contributed by atoms with Gasteiger partial charge in [0.15, 0.2) is 5.78 Å². The van der Waals surface area contributed by atoms with Gasteiger partial charge in [-0.15, -0.1) is 11.3 Å². The molecule has 5 rings (SSSR count). The number of rotatable bonds is 4. The zero-order valence-corrected chi connectivity index (χ0v) is 20.3. The largest absolute Gasteiger partial charge is 0.362 e. The summed E-state index contributed by atoms with van der Waals surface area (Å²) in [5.74, 6) is 0.114. The predicted octanol–water partition coefficient (Wildman–Crippen LogP) is 5.76. The molecule has 1 aromatic carbocycles. The predicted molar refractivity (Wildman–Crippen MR) is 136 cm³/mol. The number of hydrogen-bond donors (Lipinski definition) is 2. The van der Waals surface area contributed by atoms with Crippen LogP contribution in [0.5, 0.6) is 0 Å². The highest BCUT2D eigenvalue weighted by molar-refractivity contribution is 7.10. The van der Waals surface area contributed by atoms with Crippen LogP contribution in [0.4, 0.5) is 5.82 Å². The highest BCUT2D eigenvalue weighted by atomic mass is 32.1. The Hall–Kier alpha value is -3.51. The van der Waals surface area contributed by atoms with Crippen molar-refractivity contribution in [2.75, 3.05) is 5.32 Å². The Balaban J connectivity index is 1.55. The number of nitrogens with zero attached hydrogens (tertiary/aromatic N) is 1. The second kappa shape index (κ2) is 9.03. The van der Waals surface area contributed by atoms with Gasteiger partial charge in [-0.25, -0.2) is 4.98 Å². The van der Waals surface area contributed by atoms with Gasteiger partial charge in [0.2, 0.25) is 0 Å². The normalized spacial score (nSPS) is 20.1. The number of Topliss-reactive ketones (excluding diaryl/α,β-unsaturated/α-hetero) is 1. The van der Waals surface area contributed by atoms with Crippen LogP contribution in [0.1, 0.15) is 53.2 Å². The number of carbonyl (C=O) groups excluding carboxylic acids is 2. The summed E-state index contributed by atoms with van der Waals surface area (Å²) < 4.78 is 0. The molecule has 0 saturated carbocycles. The van der Waals surface area contributed by atoms with Gasteiger partial charge >= 0.3 is 0 Å². The molecule has 2 aromatic heterocycles. The van der Waals surface area contributed by atoms with Gasteiger partial charge in [-0.3, -0.25) is 9.59 Å². The molecule has 2 aliphatic rings. The number of hydrogen-bond acceptors (Lipinski definition) is 5. The molecular weight excluding hydrogens is 442 g/mol. The van der Waals surface area contributed by atoms with E-state index in [9.17, 15) is 9.59 Å². The standard InChI is InChI=1S/C28H27N3O2S/c1-16-9-10-23(29-15-16)31-28(33)24-18(3)30-21-13-20(19-7-5-4-6-8-19)14-22(32)25(21)26(24)27-17(2)11-12-34-27/h4-12,15,20,26,30H,13-14H2,1-3H3,(H,29,31,33)/t20-,26+/m0/s1. The molecule has 1 aliphatic heterocycles. The van der Waals surface area contributed by atoms with Gasteiger partial charge in [0, 0.05) is 40.0 Å². The molecule has 0 bridgehead atoms. The first-order valence-electron chi connectivity index (χ1n) is 11.5. The Morgan fingerprint density at radius 1 is 1.06 bits per heavy atom. The van der Waals surface area contributed by atoms with E-state index in [1.165, 1.54) is 5.56 Å². The van der Waals surface area contributed by atoms with E-state index in [1.54, 1.807) is 23.6 Å². The molecular formula is C28H27N3O2S. The smallest absolute Gasteiger partial charge is 0.255 e. The average Bonchev–Trinajstić information content (AvgIpc) is 3.25. The van der Waals surface area contributed by atoms with Gasteiger partial charge in [-0.1, -0.05) is 36.4 Å². The third kappa shape index (κ3) is 4.10. The van der Waals surface area contributed by atoms with Crippen molar-refractivity contribution < 1.29 is 9.59 Å². The van der Waals surface area contributed by atoms with Crippen LogP contribution in [0.15, 0.2) is 82.6 Å². The summed E-state index contributed by atoms with van der Waals surface area (Å²) in [5, 5.41) is 8.42. The highest BCUT2D eigenvalue weighted by Crippen LogP contribution is 2.47. The van der Waals surface area contributed by atoms with Gasteiger partial charge in [0.1, 0.15) is 5.82 Å². The lowest BCUT2D eigenvalue weighted by Gasteiger charge is -2.36. The molecule has 6 heteroatoms. The monoisotopic (exact) mass is 469 g/mol. The summed E-state index contributed by atoms with van der Waals surface area (Å²) in [7, 11) is 0. The molecule has 0 unspecified atom stereocenters. The van der Waals surface area contributed by atoms with E-state index < -0.39 is 0 Å². The minimum Gasteiger partial charge on any atom is -0.362 e. The Morgan fingerprint density at radius 3 is 2.53 bits per heavy atom. The van der Waals surface area contributed by atoms with Gasteiger partial charge in [-0.05, 0) is 67.3 Å². The lowest BCUT2D eigenvalue weighted by atomic mass is 9.73. The van der Waals surface area contributed by atoms with Crippen LogP contribution >= 0.6 is 11.3 Å². The number of dihydropyridines is 1. The first-order valence-corrected chi connectivity index (χ1v) is 12.4. The summed E-state index contributed by atoms with van der Waals surface area (Å²) >= 11 is 1.60. The number of amides is 1. The highest BCUT2D eigenvalue weighted by Gasteiger charge is 2.41. The number of allylic oxidation sites excluding steroid dienone is 3. The molecule has 3 heterocycles. The quantitative estimate of drug-likeness (QED) is 0.510. The van der Waals surface area contributed by atoms with E-state index >= 15 is 0 Å². The Labute approximate surface area is 203 Å². The first kappa shape index (κ1) is 22.3. The summed E-state index contributed by atoms with van der Waals surface area (Å²) in [6.45, 7) is 5.92. The van der Waals surface area contributed by atoms with E-state index in [0.29, 0.717) is 17.8 Å². The summed E-state index contributed by atoms with van der Waals surface area (Å²) in [5.41, 5.74) is 6.31. The number of ketones is 1. The molecule has 172 valence electrons. The van der Waals surface area contributed by atoms with E-state index in [-0.39, 0.29) is 23.5 Å². The number of carbonyl (C=O) groups is 2. The second-order valence-corrected chi connectivity index (χ2v) is 10.0. The van der Waals surface area contributed by atoms with Crippen LogP contribution in [0.3, 0.4) is 0 Å². The van der Waals surface area contributed by atoms with Crippen molar-refractivity contribution in [1.29, 1.82) is 0 Å². The molecule has 2 N–H and O–H groups in total. The minimum atomic E-state index is -0.383. The lowest BCUT2D eigenvalue weighted by Crippen LogP contribution is -2.37. The molecule has 3 aromatic rings. The number of aryl methyl sites for hydroxylation is 2. The molecule has 5 nitrogen and oxygen atoms in total. The van der Waals surface area contributed by atoms with Crippen molar-refractivity contribution in [3.63, 3.8) is 0 Å². The summed E-state index contributed by atoms with van der Waals surface area (Å²) in [6.07, 6.45) is 2.92. The van der Waals surface area contributed by atoms with Crippen molar-refractivity contribution in [2.45, 2.75) is 45.4 Å². The van der Waals surface area contributed by atoms with Crippen LogP contribution in [-0.4, -0.2) is 16.7 Å². The molecule has 34 heavy (non-hydrogen) atoms. The number of anilines is 1. The maximum atomic E-state index is 13.6. The fraction of sp³-hybridized carbons (Fsp3) is 0.250. The van der Waals surface area contributed by atoms with Crippen molar-refractivity contribution in [3.8, 4) is 0 Å². The molecule has 0 radical (unpaired) electrons.